The summed E-state index contributed by atoms with van der Waals surface area (Å²) in [6.45, 7) is 4.80. The zero-order valence-corrected chi connectivity index (χ0v) is 24.1. The molecule has 0 bridgehead atoms. The number of benzene rings is 2. The number of hydrogen-bond donors (Lipinski definition) is 2. The Balaban J connectivity index is 1.22. The molecule has 2 amide bonds. The van der Waals surface area contributed by atoms with Crippen LogP contribution >= 0.6 is 0 Å². The van der Waals surface area contributed by atoms with Crippen LogP contribution < -0.4 is 5.56 Å². The van der Waals surface area contributed by atoms with Gasteiger partial charge in [0, 0.05) is 48.0 Å². The maximum Gasteiger partial charge on any atom is 0.406 e. The summed E-state index contributed by atoms with van der Waals surface area (Å²) < 4.78 is 54.9. The summed E-state index contributed by atoms with van der Waals surface area (Å²) in [7, 11) is 0. The van der Waals surface area contributed by atoms with Crippen LogP contribution in [0.25, 0.3) is 27.4 Å². The molecule has 2 N–H and O–H groups in total. The number of para-hydroxylation sites is 1. The highest BCUT2D eigenvalue weighted by Gasteiger charge is 2.39. The number of H-pyrrole nitrogens is 2. The molecule has 0 saturated carbocycles. The van der Waals surface area contributed by atoms with Crippen molar-refractivity contribution in [1.82, 2.24) is 25.0 Å². The molecule has 1 unspecified atom stereocenters. The van der Waals surface area contributed by atoms with E-state index in [0.29, 0.717) is 58.9 Å². The van der Waals surface area contributed by atoms with E-state index < -0.39 is 30.4 Å². The van der Waals surface area contributed by atoms with Crippen LogP contribution in [0.4, 0.5) is 17.6 Å². The van der Waals surface area contributed by atoms with E-state index in [-0.39, 0.29) is 42.3 Å². The number of halogens is 4. The molecule has 2 aliphatic rings. The predicted octanol–water partition coefficient (Wildman–Crippen LogP) is 5.44. The Kier molecular flexibility index (Phi) is 7.54. The van der Waals surface area contributed by atoms with Crippen molar-refractivity contribution in [2.24, 2.45) is 5.92 Å². The molecule has 1 saturated heterocycles. The number of nitrogens with zero attached hydrogens (tertiary/aromatic N) is 3. The Morgan fingerprint density at radius 2 is 1.89 bits per heavy atom. The standard InChI is InChI=1S/C32H31F4N5O3/c1-17(2)22-12-20-10-21(31(44)41(16-32(34,35)36)15-25(20)24-14-37-39-29(22)24)13-27(42)40-8-6-18(7-9-40)23-11-19-4-3-5-26(33)28(19)38-30(23)43/h3-5,11-12,14,18,21H,1,6-10,13,15-16H2,2H3,(H,37,39)(H,38,43). The summed E-state index contributed by atoms with van der Waals surface area (Å²) in [6, 6.07) is 8.09. The molecule has 1 atom stereocenters. The van der Waals surface area contributed by atoms with Crippen molar-refractivity contribution in [2.75, 3.05) is 19.6 Å². The maximum atomic E-state index is 14.1. The van der Waals surface area contributed by atoms with E-state index in [9.17, 15) is 31.9 Å². The molecule has 2 aromatic heterocycles. The van der Waals surface area contributed by atoms with Crippen molar-refractivity contribution in [3.63, 3.8) is 0 Å². The maximum absolute atomic E-state index is 14.1. The molecule has 2 aromatic carbocycles. The van der Waals surface area contributed by atoms with Gasteiger partial charge in [0.15, 0.2) is 0 Å². The number of hydrogen-bond acceptors (Lipinski definition) is 4. The van der Waals surface area contributed by atoms with Gasteiger partial charge < -0.3 is 14.8 Å². The molecule has 1 fully saturated rings. The molecule has 4 aromatic rings. The summed E-state index contributed by atoms with van der Waals surface area (Å²) in [4.78, 5) is 44.8. The van der Waals surface area contributed by atoms with Gasteiger partial charge in [0.05, 0.1) is 23.1 Å². The number of aromatic amines is 2. The SMILES string of the molecule is C=C(C)c1cc2c(c3cn[nH]c13)CN(CC(F)(F)F)C(=O)C(CC(=O)N1CCC(c3cc4cccc(F)c4[nH]c3=O)CC1)C2. The molecule has 12 heteroatoms. The molecule has 6 rings (SSSR count). The van der Waals surface area contributed by atoms with Gasteiger partial charge in [0.2, 0.25) is 11.8 Å². The molecule has 0 spiro atoms. The average Bonchev–Trinajstić information content (AvgIpc) is 3.42. The number of nitrogens with one attached hydrogen (secondary N) is 2. The minimum Gasteiger partial charge on any atom is -0.343 e. The van der Waals surface area contributed by atoms with Crippen LogP contribution in [0.3, 0.4) is 0 Å². The van der Waals surface area contributed by atoms with E-state index in [2.05, 4.69) is 21.8 Å². The van der Waals surface area contributed by atoms with Crippen LogP contribution in [-0.2, 0) is 22.6 Å². The molecular weight excluding hydrogens is 578 g/mol. The van der Waals surface area contributed by atoms with Crippen molar-refractivity contribution < 1.29 is 27.2 Å². The number of likely N-dealkylation sites (tertiary alicyclic amines) is 1. The van der Waals surface area contributed by atoms with Gasteiger partial charge in [0.25, 0.3) is 5.56 Å². The van der Waals surface area contributed by atoms with E-state index in [4.69, 9.17) is 0 Å². The lowest BCUT2D eigenvalue weighted by molar-refractivity contribution is -0.165. The van der Waals surface area contributed by atoms with Crippen LogP contribution in [0.2, 0.25) is 0 Å². The smallest absolute Gasteiger partial charge is 0.343 e. The Hall–Kier alpha value is -4.48. The molecule has 0 aliphatic carbocycles. The Bertz CT molecular complexity index is 1850. The molecular formula is C32H31F4N5O3. The van der Waals surface area contributed by atoms with Crippen LogP contribution in [-0.4, -0.2) is 62.6 Å². The first kappa shape index (κ1) is 29.6. The number of carbonyl (C=O) groups excluding carboxylic acids is 2. The fourth-order valence-corrected chi connectivity index (χ4v) is 6.62. The van der Waals surface area contributed by atoms with Gasteiger partial charge in [-0.15, -0.1) is 0 Å². The Morgan fingerprint density at radius 1 is 1.14 bits per heavy atom. The third-order valence-electron chi connectivity index (χ3n) is 8.81. The lowest BCUT2D eigenvalue weighted by Gasteiger charge is -2.33. The number of piperidine rings is 1. The predicted molar refractivity (Wildman–Crippen MR) is 157 cm³/mol. The zero-order chi connectivity index (χ0) is 31.3. The lowest BCUT2D eigenvalue weighted by atomic mass is 9.88. The largest absolute Gasteiger partial charge is 0.406 e. The first-order chi connectivity index (χ1) is 20.9. The highest BCUT2D eigenvalue weighted by Crippen LogP contribution is 2.36. The first-order valence-electron chi connectivity index (χ1n) is 14.5. The summed E-state index contributed by atoms with van der Waals surface area (Å²) >= 11 is 0. The van der Waals surface area contributed by atoms with Gasteiger partial charge in [-0.3, -0.25) is 19.5 Å². The van der Waals surface area contributed by atoms with Crippen molar-refractivity contribution in [2.45, 2.75) is 51.2 Å². The van der Waals surface area contributed by atoms with E-state index >= 15 is 0 Å². The van der Waals surface area contributed by atoms with Crippen molar-refractivity contribution in [3.8, 4) is 0 Å². The van der Waals surface area contributed by atoms with Crippen LogP contribution in [0.15, 0.2) is 47.9 Å². The van der Waals surface area contributed by atoms with Crippen LogP contribution in [0.1, 0.15) is 54.4 Å². The monoisotopic (exact) mass is 609 g/mol. The molecule has 230 valence electrons. The number of fused-ring (bicyclic) bond motifs is 4. The second-order valence-corrected chi connectivity index (χ2v) is 11.8. The van der Waals surface area contributed by atoms with Crippen LogP contribution in [0, 0.1) is 11.7 Å². The van der Waals surface area contributed by atoms with Crippen molar-refractivity contribution in [3.05, 3.63) is 81.5 Å². The topological polar surface area (TPSA) is 102 Å². The number of amides is 2. The number of alkyl halides is 3. The molecule has 2 aliphatic heterocycles. The van der Waals surface area contributed by atoms with Gasteiger partial charge in [0.1, 0.15) is 12.4 Å². The number of aromatic nitrogens is 3. The average molecular weight is 610 g/mol. The molecule has 8 nitrogen and oxygen atoms in total. The molecule has 44 heavy (non-hydrogen) atoms. The quantitative estimate of drug-likeness (QED) is 0.295. The normalized spacial score (nSPS) is 18.1. The molecule has 0 radical (unpaired) electrons. The van der Waals surface area contributed by atoms with Crippen molar-refractivity contribution in [1.29, 1.82) is 0 Å². The zero-order valence-electron chi connectivity index (χ0n) is 24.1. The van der Waals surface area contributed by atoms with Gasteiger partial charge in [-0.1, -0.05) is 18.7 Å². The van der Waals surface area contributed by atoms with E-state index in [1.807, 2.05) is 13.0 Å². The highest BCUT2D eigenvalue weighted by atomic mass is 19.4. The number of rotatable bonds is 5. The highest BCUT2D eigenvalue weighted by molar-refractivity contribution is 5.94. The minimum atomic E-state index is -4.61. The van der Waals surface area contributed by atoms with Gasteiger partial charge >= 0.3 is 6.18 Å². The number of pyridine rings is 1. The fraction of sp³-hybridized carbons (Fsp3) is 0.375. The van der Waals surface area contributed by atoms with E-state index in [1.54, 1.807) is 29.3 Å². The molecule has 4 heterocycles. The summed E-state index contributed by atoms with van der Waals surface area (Å²) in [5, 5.41) is 8.19. The van der Waals surface area contributed by atoms with Gasteiger partial charge in [-0.2, -0.15) is 18.3 Å². The minimum absolute atomic E-state index is 0.106. The third-order valence-corrected chi connectivity index (χ3v) is 8.81. The number of allylic oxidation sites excluding steroid dienone is 1. The van der Waals surface area contributed by atoms with Gasteiger partial charge in [-0.05, 0) is 67.0 Å². The first-order valence-corrected chi connectivity index (χ1v) is 14.5. The number of carbonyl (C=O) groups is 2. The Labute approximate surface area is 249 Å². The van der Waals surface area contributed by atoms with Gasteiger partial charge in [-0.25, -0.2) is 4.39 Å². The van der Waals surface area contributed by atoms with E-state index in [0.717, 1.165) is 16.0 Å². The fourth-order valence-electron chi connectivity index (χ4n) is 6.62. The summed E-state index contributed by atoms with van der Waals surface area (Å²) in [5.41, 5.74) is 3.69. The second kappa shape index (κ2) is 11.2. The Morgan fingerprint density at radius 3 is 2.59 bits per heavy atom. The third kappa shape index (κ3) is 5.60. The summed E-state index contributed by atoms with van der Waals surface area (Å²) in [5.74, 6) is -2.69. The van der Waals surface area contributed by atoms with Crippen molar-refractivity contribution >= 4 is 39.2 Å². The van der Waals surface area contributed by atoms with Crippen LogP contribution in [0.5, 0.6) is 0 Å². The second-order valence-electron chi connectivity index (χ2n) is 11.8. The summed E-state index contributed by atoms with van der Waals surface area (Å²) in [6.07, 6.45) is -2.23. The lowest BCUT2D eigenvalue weighted by Crippen LogP contribution is -2.44. The van der Waals surface area contributed by atoms with E-state index in [1.165, 1.54) is 6.07 Å².